The molecule has 0 radical (unpaired) electrons. The summed E-state index contributed by atoms with van der Waals surface area (Å²) < 4.78 is 4.93. The van der Waals surface area contributed by atoms with Gasteiger partial charge >= 0.3 is 0 Å². The molecule has 4 heteroatoms. The van der Waals surface area contributed by atoms with Crippen molar-refractivity contribution in [2.75, 3.05) is 33.9 Å². The Hall–Kier alpha value is -1.83. The van der Waals surface area contributed by atoms with E-state index in [4.69, 9.17) is 9.84 Å². The van der Waals surface area contributed by atoms with Gasteiger partial charge in [0.15, 0.2) is 0 Å². The topological polar surface area (TPSA) is 49.8 Å². The fourth-order valence-corrected chi connectivity index (χ4v) is 1.39. The predicted octanol–water partition coefficient (Wildman–Crippen LogP) is 0.749. The molecule has 0 saturated heterocycles. The molecule has 0 fully saturated rings. The molecule has 96 valence electrons. The molecule has 0 aliphatic carbocycles. The number of amides is 1. The number of aliphatic hydroxyl groups is 1. The van der Waals surface area contributed by atoms with Crippen LogP contribution in [0.5, 0.6) is 0 Å². The van der Waals surface area contributed by atoms with Crippen LogP contribution in [0.2, 0.25) is 0 Å². The number of methoxy groups -OCH3 is 1. The van der Waals surface area contributed by atoms with E-state index in [2.05, 4.69) is 11.8 Å². The highest BCUT2D eigenvalue weighted by Gasteiger charge is 2.10. The van der Waals surface area contributed by atoms with Crippen molar-refractivity contribution in [2.24, 2.45) is 0 Å². The SMILES string of the molecule is COCCN(C)C(=O)c1ccc(C#CCO)cc1. The van der Waals surface area contributed by atoms with Gasteiger partial charge in [0.1, 0.15) is 6.61 Å². The van der Waals surface area contributed by atoms with Crippen LogP contribution < -0.4 is 0 Å². The van der Waals surface area contributed by atoms with Crippen LogP contribution in [0.3, 0.4) is 0 Å². The van der Waals surface area contributed by atoms with Gasteiger partial charge < -0.3 is 14.7 Å². The summed E-state index contributed by atoms with van der Waals surface area (Å²) >= 11 is 0. The van der Waals surface area contributed by atoms with Gasteiger partial charge in [-0.3, -0.25) is 4.79 Å². The van der Waals surface area contributed by atoms with Crippen LogP contribution in [0.15, 0.2) is 24.3 Å². The maximum atomic E-state index is 12.0. The van der Waals surface area contributed by atoms with Gasteiger partial charge in [0.05, 0.1) is 6.61 Å². The standard InChI is InChI=1S/C14H17NO3/c1-15(9-11-18-2)14(17)13-7-5-12(6-8-13)4-3-10-16/h5-8,16H,9-11H2,1-2H3. The van der Waals surface area contributed by atoms with E-state index >= 15 is 0 Å². The first-order chi connectivity index (χ1) is 8.69. The lowest BCUT2D eigenvalue weighted by Crippen LogP contribution is -2.29. The van der Waals surface area contributed by atoms with Crippen molar-refractivity contribution in [3.05, 3.63) is 35.4 Å². The van der Waals surface area contributed by atoms with E-state index in [0.717, 1.165) is 5.56 Å². The number of rotatable bonds is 4. The number of nitrogens with zero attached hydrogens (tertiary/aromatic N) is 1. The van der Waals surface area contributed by atoms with Crippen molar-refractivity contribution in [1.82, 2.24) is 4.90 Å². The van der Waals surface area contributed by atoms with E-state index in [0.29, 0.717) is 18.7 Å². The van der Waals surface area contributed by atoms with E-state index in [1.807, 2.05) is 0 Å². The van der Waals surface area contributed by atoms with Crippen molar-refractivity contribution >= 4 is 5.91 Å². The second kappa shape index (κ2) is 7.49. The Balaban J connectivity index is 2.69. The number of likely N-dealkylation sites (N-methyl/N-ethyl adjacent to an activating group) is 1. The summed E-state index contributed by atoms with van der Waals surface area (Å²) in [4.78, 5) is 13.6. The Morgan fingerprint density at radius 1 is 1.39 bits per heavy atom. The van der Waals surface area contributed by atoms with E-state index in [1.165, 1.54) is 0 Å². The highest BCUT2D eigenvalue weighted by molar-refractivity contribution is 5.94. The first-order valence-electron chi connectivity index (χ1n) is 5.63. The van der Waals surface area contributed by atoms with Crippen LogP contribution in [0.4, 0.5) is 0 Å². The number of carbonyl (C=O) groups excluding carboxylic acids is 1. The van der Waals surface area contributed by atoms with Crippen LogP contribution >= 0.6 is 0 Å². The van der Waals surface area contributed by atoms with Crippen molar-refractivity contribution in [3.8, 4) is 11.8 Å². The molecule has 1 N–H and O–H groups in total. The summed E-state index contributed by atoms with van der Waals surface area (Å²) in [6.07, 6.45) is 0. The largest absolute Gasteiger partial charge is 0.384 e. The van der Waals surface area contributed by atoms with Gasteiger partial charge in [-0.2, -0.15) is 0 Å². The molecule has 0 aromatic heterocycles. The minimum absolute atomic E-state index is 0.0475. The van der Waals surface area contributed by atoms with Crippen LogP contribution in [-0.4, -0.2) is 49.8 Å². The van der Waals surface area contributed by atoms with Crippen molar-refractivity contribution in [3.63, 3.8) is 0 Å². The summed E-state index contributed by atoms with van der Waals surface area (Å²) in [5.41, 5.74) is 1.39. The molecule has 0 atom stereocenters. The molecule has 4 nitrogen and oxygen atoms in total. The van der Waals surface area contributed by atoms with Crippen LogP contribution in [0, 0.1) is 11.8 Å². The third-order valence-electron chi connectivity index (χ3n) is 2.42. The highest BCUT2D eigenvalue weighted by Crippen LogP contribution is 2.06. The quantitative estimate of drug-likeness (QED) is 0.799. The van der Waals surface area contributed by atoms with Gasteiger partial charge in [0.2, 0.25) is 0 Å². The molecular formula is C14H17NO3. The Morgan fingerprint density at radius 2 is 2.06 bits per heavy atom. The summed E-state index contributed by atoms with van der Waals surface area (Å²) in [6, 6.07) is 6.99. The lowest BCUT2D eigenvalue weighted by atomic mass is 10.1. The molecule has 1 aromatic carbocycles. The second-order valence-electron chi connectivity index (χ2n) is 3.76. The van der Waals surface area contributed by atoms with Gasteiger partial charge in [-0.05, 0) is 24.3 Å². The van der Waals surface area contributed by atoms with Crippen molar-refractivity contribution in [2.45, 2.75) is 0 Å². The first kappa shape index (κ1) is 14.2. The fourth-order valence-electron chi connectivity index (χ4n) is 1.39. The molecule has 18 heavy (non-hydrogen) atoms. The zero-order valence-electron chi connectivity index (χ0n) is 10.6. The smallest absolute Gasteiger partial charge is 0.253 e. The molecule has 0 unspecified atom stereocenters. The number of aliphatic hydroxyl groups excluding tert-OH is 1. The third-order valence-corrected chi connectivity index (χ3v) is 2.42. The van der Waals surface area contributed by atoms with Crippen LogP contribution in [0.1, 0.15) is 15.9 Å². The van der Waals surface area contributed by atoms with Gasteiger partial charge in [-0.1, -0.05) is 11.8 Å². The van der Waals surface area contributed by atoms with Crippen LogP contribution in [0.25, 0.3) is 0 Å². The number of benzene rings is 1. The van der Waals surface area contributed by atoms with E-state index in [-0.39, 0.29) is 12.5 Å². The third kappa shape index (κ3) is 4.21. The summed E-state index contributed by atoms with van der Waals surface area (Å²) in [5, 5.41) is 8.58. The molecule has 1 amide bonds. The molecule has 1 rings (SSSR count). The Labute approximate surface area is 107 Å². The van der Waals surface area contributed by atoms with Gasteiger partial charge in [-0.15, -0.1) is 0 Å². The maximum absolute atomic E-state index is 12.0. The fraction of sp³-hybridized carbons (Fsp3) is 0.357. The van der Waals surface area contributed by atoms with E-state index in [1.54, 1.807) is 43.3 Å². The predicted molar refractivity (Wildman–Crippen MR) is 69.2 cm³/mol. The van der Waals surface area contributed by atoms with E-state index in [9.17, 15) is 4.79 Å². The average Bonchev–Trinajstić information content (AvgIpc) is 2.42. The van der Waals surface area contributed by atoms with Crippen LogP contribution in [-0.2, 0) is 4.74 Å². The highest BCUT2D eigenvalue weighted by atomic mass is 16.5. The second-order valence-corrected chi connectivity index (χ2v) is 3.76. The average molecular weight is 247 g/mol. The summed E-state index contributed by atoms with van der Waals surface area (Å²) in [7, 11) is 3.34. The molecule has 0 saturated carbocycles. The Morgan fingerprint density at radius 3 is 2.61 bits per heavy atom. The van der Waals surface area contributed by atoms with Gasteiger partial charge in [0.25, 0.3) is 5.91 Å². The Kier molecular flexibility index (Phi) is 5.92. The molecule has 0 bridgehead atoms. The molecule has 0 heterocycles. The molecule has 0 spiro atoms. The number of hydrogen-bond acceptors (Lipinski definition) is 3. The number of carbonyl (C=O) groups is 1. The minimum atomic E-state index is -0.166. The zero-order chi connectivity index (χ0) is 13.4. The summed E-state index contributed by atoms with van der Waals surface area (Å²) in [5.74, 6) is 5.29. The number of hydrogen-bond donors (Lipinski definition) is 1. The van der Waals surface area contributed by atoms with Crippen molar-refractivity contribution in [1.29, 1.82) is 0 Å². The summed E-state index contributed by atoms with van der Waals surface area (Å²) in [6.45, 7) is 0.907. The molecule has 0 aliphatic heterocycles. The molecular weight excluding hydrogens is 230 g/mol. The minimum Gasteiger partial charge on any atom is -0.384 e. The molecule has 1 aromatic rings. The van der Waals surface area contributed by atoms with Crippen molar-refractivity contribution < 1.29 is 14.6 Å². The lowest BCUT2D eigenvalue weighted by Gasteiger charge is -2.16. The monoisotopic (exact) mass is 247 g/mol. The lowest BCUT2D eigenvalue weighted by molar-refractivity contribution is 0.0744. The van der Waals surface area contributed by atoms with E-state index < -0.39 is 0 Å². The zero-order valence-corrected chi connectivity index (χ0v) is 10.6. The van der Waals surface area contributed by atoms with Gasteiger partial charge in [-0.25, -0.2) is 0 Å². The van der Waals surface area contributed by atoms with Gasteiger partial charge in [0, 0.05) is 31.8 Å². The maximum Gasteiger partial charge on any atom is 0.253 e. The normalized spacial score (nSPS) is 9.50. The Bertz CT molecular complexity index is 442. The molecule has 0 aliphatic rings. The first-order valence-corrected chi connectivity index (χ1v) is 5.63. The number of ether oxygens (including phenoxy) is 1.